The molecule has 1 heterocycles. The topological polar surface area (TPSA) is 118 Å². The van der Waals surface area contributed by atoms with Crippen LogP contribution in [0.4, 0.5) is 0 Å². The van der Waals surface area contributed by atoms with Gasteiger partial charge in [0, 0.05) is 41.2 Å². The summed E-state index contributed by atoms with van der Waals surface area (Å²) < 4.78 is 31.4. The summed E-state index contributed by atoms with van der Waals surface area (Å²) in [6, 6.07) is 19.2. The number of carbonyl (C=O) groups excluding carboxylic acids is 3. The van der Waals surface area contributed by atoms with Gasteiger partial charge in [-0.2, -0.15) is 0 Å². The Kier molecular flexibility index (Phi) is 19.2. The molecule has 59 heavy (non-hydrogen) atoms. The molecule has 3 rings (SSSR count). The van der Waals surface area contributed by atoms with Crippen molar-refractivity contribution in [2.45, 2.75) is 145 Å². The molecular formula is C49H72O9Si. The molecule has 2 aromatic carbocycles. The molecule has 0 saturated carbocycles. The van der Waals surface area contributed by atoms with Crippen molar-refractivity contribution < 1.29 is 37.4 Å². The Hall–Kier alpha value is -3.70. The summed E-state index contributed by atoms with van der Waals surface area (Å²) in [4.78, 5) is 56.7. The molecule has 0 unspecified atom stereocenters. The standard InChI is InChI=1S/C49H72O9Si/c1-15-42-32(7)43(50)37(12)49(57-42)38(13)46(53)36(11)48(56-29-40-23-25-41(54-14)26-24-40)35(10)45(52)33(8)44(51)34(9)47(58-59(16-2,17-3)30(4)5)31(6)27-55-28-39-21-19-18-20-22-39/h18-26,30-31,33-36,38,47-48H,15-17,27-29H2,1-14H3/t31-,33+,34-,35-,36+,38+,47+,48-/m1/s1. The summed E-state index contributed by atoms with van der Waals surface area (Å²) in [5, 5.41) is 0. The summed E-state index contributed by atoms with van der Waals surface area (Å²) >= 11 is 0. The molecule has 0 aliphatic rings. The SMILES string of the molecule is CCc1oc([C@@H](C)C(=O)[C@H](C)[C@H](OCc2ccc(OC)cc2)[C@H](C)C(=O)[C@@H](C)C(=O)[C@@H](C)[C@@H](O[Si](CC)(CC)C(C)C)[C@H](C)COCc2ccccc2)c(C)c(=O)c1C. The Bertz CT molecular complexity index is 1860. The molecule has 1 aromatic heterocycles. The van der Waals surface area contributed by atoms with Crippen molar-refractivity contribution in [2.75, 3.05) is 13.7 Å². The maximum Gasteiger partial charge on any atom is 0.195 e. The second-order valence-electron chi connectivity index (χ2n) is 16.9. The highest BCUT2D eigenvalue weighted by molar-refractivity contribution is 6.75. The molecule has 0 N–H and O–H groups in total. The zero-order valence-corrected chi connectivity index (χ0v) is 39.3. The fourth-order valence-electron chi connectivity index (χ4n) is 8.51. The molecule has 0 radical (unpaired) electrons. The van der Waals surface area contributed by atoms with Gasteiger partial charge < -0.3 is 23.1 Å². The largest absolute Gasteiger partial charge is 0.497 e. The summed E-state index contributed by atoms with van der Waals surface area (Å²) in [6.07, 6.45) is -0.828. The molecule has 0 amide bonds. The first-order valence-electron chi connectivity index (χ1n) is 21.7. The second kappa shape index (κ2) is 22.8. The molecule has 0 aliphatic heterocycles. The number of methoxy groups -OCH3 is 1. The van der Waals surface area contributed by atoms with Crippen LogP contribution in [-0.4, -0.2) is 51.6 Å². The highest BCUT2D eigenvalue weighted by Gasteiger charge is 2.45. The quantitative estimate of drug-likeness (QED) is 0.0607. The van der Waals surface area contributed by atoms with Crippen molar-refractivity contribution in [3.05, 3.63) is 98.6 Å². The van der Waals surface area contributed by atoms with Crippen LogP contribution in [0.5, 0.6) is 5.75 Å². The van der Waals surface area contributed by atoms with E-state index in [1.807, 2.05) is 68.4 Å². The monoisotopic (exact) mass is 832 g/mol. The Morgan fingerprint density at radius 3 is 1.76 bits per heavy atom. The highest BCUT2D eigenvalue weighted by atomic mass is 28.4. The lowest BCUT2D eigenvalue weighted by Crippen LogP contribution is -2.50. The summed E-state index contributed by atoms with van der Waals surface area (Å²) in [5.41, 5.74) is 3.03. The third-order valence-electron chi connectivity index (χ3n) is 12.8. The smallest absolute Gasteiger partial charge is 0.195 e. The number of hydrogen-bond acceptors (Lipinski definition) is 9. The minimum Gasteiger partial charge on any atom is -0.497 e. The lowest BCUT2D eigenvalue weighted by Gasteiger charge is -2.41. The Balaban J connectivity index is 1.95. The maximum absolute atomic E-state index is 14.6. The molecule has 8 atom stereocenters. The van der Waals surface area contributed by atoms with Crippen LogP contribution < -0.4 is 10.2 Å². The van der Waals surface area contributed by atoms with Gasteiger partial charge >= 0.3 is 0 Å². The van der Waals surface area contributed by atoms with E-state index in [9.17, 15) is 19.2 Å². The zero-order valence-electron chi connectivity index (χ0n) is 38.3. The number of ether oxygens (including phenoxy) is 3. The predicted molar refractivity (Wildman–Crippen MR) is 237 cm³/mol. The van der Waals surface area contributed by atoms with Crippen LogP contribution in [0.25, 0.3) is 0 Å². The van der Waals surface area contributed by atoms with Gasteiger partial charge in [-0.3, -0.25) is 19.2 Å². The molecule has 0 saturated heterocycles. The first-order valence-corrected chi connectivity index (χ1v) is 24.1. The number of aryl methyl sites for hydroxylation is 1. The van der Waals surface area contributed by atoms with Gasteiger partial charge in [-0.25, -0.2) is 0 Å². The third-order valence-corrected chi connectivity index (χ3v) is 18.0. The van der Waals surface area contributed by atoms with Crippen LogP contribution in [0.3, 0.4) is 0 Å². The van der Waals surface area contributed by atoms with Gasteiger partial charge in [0.2, 0.25) is 0 Å². The summed E-state index contributed by atoms with van der Waals surface area (Å²) in [6.45, 7) is 25.9. The molecule has 0 spiro atoms. The Morgan fingerprint density at radius 2 is 1.24 bits per heavy atom. The number of ketones is 3. The Labute approximate surface area is 355 Å². The van der Waals surface area contributed by atoms with Gasteiger partial charge in [-0.15, -0.1) is 0 Å². The van der Waals surface area contributed by atoms with Crippen molar-refractivity contribution in [1.29, 1.82) is 0 Å². The van der Waals surface area contributed by atoms with Gasteiger partial charge in [-0.1, -0.05) is 105 Å². The van der Waals surface area contributed by atoms with Crippen LogP contribution >= 0.6 is 0 Å². The van der Waals surface area contributed by atoms with Gasteiger partial charge in [-0.05, 0) is 68.6 Å². The van der Waals surface area contributed by atoms with Crippen LogP contribution in [-0.2, 0) is 47.9 Å². The first kappa shape index (κ1) is 49.7. The van der Waals surface area contributed by atoms with Crippen LogP contribution in [0.1, 0.15) is 116 Å². The number of benzene rings is 2. The van der Waals surface area contributed by atoms with E-state index < -0.39 is 50.1 Å². The molecule has 0 fully saturated rings. The molecule has 0 bridgehead atoms. The van der Waals surface area contributed by atoms with Crippen molar-refractivity contribution in [2.24, 2.45) is 29.6 Å². The average Bonchev–Trinajstić information content (AvgIpc) is 3.25. The molecule has 3 aromatic rings. The first-order chi connectivity index (χ1) is 27.9. The van der Waals surface area contributed by atoms with Crippen LogP contribution in [0.15, 0.2) is 63.8 Å². The molecule has 326 valence electrons. The normalized spacial score (nSPS) is 16.1. The van der Waals surface area contributed by atoms with Crippen molar-refractivity contribution >= 4 is 25.7 Å². The van der Waals surface area contributed by atoms with Gasteiger partial charge in [0.15, 0.2) is 13.7 Å². The molecule has 10 heteroatoms. The van der Waals surface area contributed by atoms with Gasteiger partial charge in [0.25, 0.3) is 0 Å². The van der Waals surface area contributed by atoms with Crippen molar-refractivity contribution in [1.82, 2.24) is 0 Å². The Morgan fingerprint density at radius 1 is 0.695 bits per heavy atom. The van der Waals surface area contributed by atoms with E-state index in [4.69, 9.17) is 23.1 Å². The van der Waals surface area contributed by atoms with E-state index in [1.54, 1.807) is 48.7 Å². The molecular weight excluding hydrogens is 761 g/mol. The lowest BCUT2D eigenvalue weighted by molar-refractivity contribution is -0.144. The third kappa shape index (κ3) is 12.2. The summed E-state index contributed by atoms with van der Waals surface area (Å²) in [7, 11) is -0.682. The fraction of sp³-hybridized carbons (Fsp3) is 0.592. The van der Waals surface area contributed by atoms with Crippen LogP contribution in [0, 0.1) is 43.4 Å². The van der Waals surface area contributed by atoms with E-state index in [1.165, 1.54) is 0 Å². The lowest BCUT2D eigenvalue weighted by atomic mass is 9.77. The average molecular weight is 833 g/mol. The number of carbonyl (C=O) groups is 3. The maximum atomic E-state index is 14.6. The van der Waals surface area contributed by atoms with Gasteiger partial charge in [0.1, 0.15) is 34.6 Å². The van der Waals surface area contributed by atoms with Crippen molar-refractivity contribution in [3.63, 3.8) is 0 Å². The van der Waals surface area contributed by atoms with E-state index in [-0.39, 0.29) is 35.3 Å². The van der Waals surface area contributed by atoms with Crippen molar-refractivity contribution in [3.8, 4) is 5.75 Å². The van der Waals surface area contributed by atoms with E-state index in [2.05, 4.69) is 34.6 Å². The predicted octanol–water partition coefficient (Wildman–Crippen LogP) is 10.4. The van der Waals surface area contributed by atoms with E-state index >= 15 is 0 Å². The highest BCUT2D eigenvalue weighted by Crippen LogP contribution is 2.36. The summed E-state index contributed by atoms with van der Waals surface area (Å²) in [5.74, 6) is -3.26. The fourth-order valence-corrected chi connectivity index (χ4v) is 12.2. The van der Waals surface area contributed by atoms with Crippen LogP contribution in [0.2, 0.25) is 17.6 Å². The molecule has 0 aliphatic carbocycles. The molecule has 9 nitrogen and oxygen atoms in total. The number of rotatable bonds is 25. The minimum atomic E-state index is -2.28. The minimum absolute atomic E-state index is 0.126. The van der Waals surface area contributed by atoms with E-state index in [0.717, 1.165) is 23.2 Å². The number of Topliss-reactive ketones (excluding diaryl/α,β-unsaturated/α-hetero) is 3. The van der Waals surface area contributed by atoms with E-state index in [0.29, 0.717) is 53.6 Å². The van der Waals surface area contributed by atoms with Gasteiger partial charge in [0.05, 0.1) is 51.0 Å². The number of hydrogen-bond donors (Lipinski definition) is 0. The zero-order chi connectivity index (χ0) is 44.2. The second-order valence-corrected chi connectivity index (χ2v) is 21.9.